The van der Waals surface area contributed by atoms with Crippen LogP contribution in [0, 0.1) is 50.4 Å². The molecular formula is C49H78N6O8S. The number of ether oxygens (including phenoxy) is 2. The number of pyridine rings is 1. The molecule has 3 heterocycles. The van der Waals surface area contributed by atoms with Gasteiger partial charge in [0, 0.05) is 49.7 Å². The van der Waals surface area contributed by atoms with Gasteiger partial charge < -0.3 is 34.8 Å². The summed E-state index contributed by atoms with van der Waals surface area (Å²) in [6.45, 7) is 26.9. The van der Waals surface area contributed by atoms with Crippen LogP contribution in [0.3, 0.4) is 0 Å². The van der Waals surface area contributed by atoms with E-state index in [0.717, 1.165) is 48.2 Å². The van der Waals surface area contributed by atoms with Gasteiger partial charge in [-0.3, -0.25) is 19.1 Å². The van der Waals surface area contributed by atoms with Crippen molar-refractivity contribution in [1.82, 2.24) is 29.5 Å². The first-order valence-electron chi connectivity index (χ1n) is 21.4. The van der Waals surface area contributed by atoms with Crippen LogP contribution < -0.4 is 25.7 Å². The number of benzene rings is 1. The van der Waals surface area contributed by atoms with E-state index in [9.17, 15) is 28.2 Å². The number of alkyl carbamates (subject to hydrolysis) is 1. The summed E-state index contributed by atoms with van der Waals surface area (Å²) in [5.41, 5.74) is -0.00630. The Bertz CT molecular complexity index is 1790. The van der Waals surface area contributed by atoms with Crippen molar-refractivity contribution in [2.24, 2.45) is 11.8 Å². The molecule has 3 amide bonds. The van der Waals surface area contributed by atoms with Gasteiger partial charge in [-0.2, -0.15) is 0 Å². The van der Waals surface area contributed by atoms with Crippen LogP contribution in [-0.4, -0.2) is 100 Å². The van der Waals surface area contributed by atoms with Crippen molar-refractivity contribution in [2.75, 3.05) is 39.8 Å². The molecule has 2 saturated heterocycles. The summed E-state index contributed by atoms with van der Waals surface area (Å²) in [7, 11) is 1.61. The highest BCUT2D eigenvalue weighted by Crippen LogP contribution is 2.23. The number of nitrogens with one attached hydrogen (secondary N) is 4. The van der Waals surface area contributed by atoms with E-state index in [1.165, 1.54) is 0 Å². The zero-order valence-corrected chi connectivity index (χ0v) is 41.3. The van der Waals surface area contributed by atoms with Crippen molar-refractivity contribution in [3.63, 3.8) is 0 Å². The number of carbonyl (C=O) groups is 4. The molecule has 1 aromatic carbocycles. The number of rotatable bonds is 13. The lowest BCUT2D eigenvalue weighted by atomic mass is 9.98. The second kappa shape index (κ2) is 39.0. The first-order chi connectivity index (χ1) is 30.5. The smallest absolute Gasteiger partial charge is 0.408 e. The molecule has 4 N–H and O–H groups in total. The van der Waals surface area contributed by atoms with E-state index >= 15 is 0 Å². The number of amides is 3. The number of hydrogen-bond donors (Lipinski definition) is 4. The summed E-state index contributed by atoms with van der Waals surface area (Å²) < 4.78 is 27.0. The van der Waals surface area contributed by atoms with Gasteiger partial charge in [0.1, 0.15) is 30.2 Å². The maximum atomic E-state index is 12.9. The molecule has 0 radical (unpaired) electrons. The van der Waals surface area contributed by atoms with E-state index in [0.29, 0.717) is 31.4 Å². The first kappa shape index (κ1) is 65.0. The maximum absolute atomic E-state index is 12.9. The molecule has 4 rings (SSSR count). The molecule has 2 aromatic rings. The molecule has 14 nitrogen and oxygen atoms in total. The molecule has 4 unspecified atom stereocenters. The standard InChI is InChI=1S/C25H41N5O6S.C10H9NO2.C4H10.2C2H6.3C2H2/c1-6-18(2)14-20(23(33)28-37(35)29-11-7-8-12-29)26-15-19(17-31)21-10-9-13-30(21)22(32)16-27-24(34)36-25(3,4)5;1-13-8-2-3-9-7(6-8)4-5-11-10(9)12;1-4(2)3;5*1-2/h6,14,17,19-21,26H,1,7-13,15-16H2,2-5H3,(H,27,34)(H,28,33);2-6H,1H3,(H,11,12);4H,1-3H3;2*1-2H3;3*1-2H. The van der Waals surface area contributed by atoms with E-state index in [4.69, 9.17) is 9.47 Å². The summed E-state index contributed by atoms with van der Waals surface area (Å²) in [5, 5.41) is 7.14. The fourth-order valence-corrected chi connectivity index (χ4v) is 6.59. The lowest BCUT2D eigenvalue weighted by molar-refractivity contribution is -0.132. The summed E-state index contributed by atoms with van der Waals surface area (Å²) in [5.74, 6) is 0.234. The molecule has 0 spiro atoms. The normalized spacial score (nSPS) is 15.1. The van der Waals surface area contributed by atoms with E-state index in [1.54, 1.807) is 74.5 Å². The van der Waals surface area contributed by atoms with E-state index in [2.05, 4.69) is 86.2 Å². The number of carbonyl (C=O) groups excluding carboxylic acids is 4. The Morgan fingerprint density at radius 1 is 0.969 bits per heavy atom. The van der Waals surface area contributed by atoms with Crippen molar-refractivity contribution in [1.29, 1.82) is 0 Å². The molecule has 0 saturated carbocycles. The number of terminal acetylenes is 3. The van der Waals surface area contributed by atoms with Gasteiger partial charge in [0.05, 0.1) is 7.11 Å². The molecule has 1 aromatic heterocycles. The lowest BCUT2D eigenvalue weighted by Gasteiger charge is -2.30. The molecule has 0 bridgehead atoms. The van der Waals surface area contributed by atoms with Crippen LogP contribution in [0.2, 0.25) is 0 Å². The van der Waals surface area contributed by atoms with E-state index < -0.39 is 40.7 Å². The number of likely N-dealkylation sites (tertiary alicyclic amines) is 1. The molecule has 2 aliphatic heterocycles. The minimum atomic E-state index is -1.63. The van der Waals surface area contributed by atoms with Gasteiger partial charge in [0.2, 0.25) is 5.91 Å². The topological polar surface area (TPSA) is 179 Å². The Kier molecular flexibility index (Phi) is 39.6. The van der Waals surface area contributed by atoms with Crippen LogP contribution in [0.5, 0.6) is 5.75 Å². The van der Waals surface area contributed by atoms with Crippen LogP contribution in [0.1, 0.15) is 102 Å². The minimum Gasteiger partial charge on any atom is -0.497 e. The predicted octanol–water partition coefficient (Wildman–Crippen LogP) is 7.20. The number of H-pyrrole nitrogens is 1. The van der Waals surface area contributed by atoms with Gasteiger partial charge in [0.15, 0.2) is 11.2 Å². The van der Waals surface area contributed by atoms with Gasteiger partial charge in [-0.25, -0.2) is 13.3 Å². The Balaban J connectivity index is -0.000000544. The van der Waals surface area contributed by atoms with Gasteiger partial charge in [0.25, 0.3) is 11.5 Å². The van der Waals surface area contributed by atoms with Gasteiger partial charge >= 0.3 is 6.09 Å². The third-order valence-electron chi connectivity index (χ3n) is 8.15. The average Bonchev–Trinajstić information content (AvgIpc) is 4.02. The first-order valence-corrected chi connectivity index (χ1v) is 22.5. The number of allylic oxidation sites excluding steroid dienone is 2. The molecule has 2 fully saturated rings. The summed E-state index contributed by atoms with van der Waals surface area (Å²) in [6.07, 6.45) is 32.2. The minimum absolute atomic E-state index is 0.0693. The molecule has 358 valence electrons. The Morgan fingerprint density at radius 2 is 1.53 bits per heavy atom. The largest absolute Gasteiger partial charge is 0.497 e. The molecular weight excluding hydrogens is 833 g/mol. The zero-order chi connectivity index (χ0) is 50.4. The quantitative estimate of drug-likeness (QED) is 0.0919. The van der Waals surface area contributed by atoms with Gasteiger partial charge in [-0.05, 0) is 88.9 Å². The number of nitrogens with zero attached hydrogens (tertiary/aromatic N) is 2. The molecule has 4 atom stereocenters. The van der Waals surface area contributed by atoms with E-state index in [-0.39, 0.29) is 30.6 Å². The van der Waals surface area contributed by atoms with Gasteiger partial charge in [-0.15, -0.1) is 38.5 Å². The maximum Gasteiger partial charge on any atom is 0.408 e. The Hall–Kier alpha value is -5.66. The van der Waals surface area contributed by atoms with Crippen molar-refractivity contribution in [3.05, 3.63) is 65.1 Å². The fourth-order valence-electron chi connectivity index (χ4n) is 5.57. The van der Waals surface area contributed by atoms with Crippen LogP contribution in [-0.2, 0) is 30.3 Å². The number of aromatic amines is 1. The van der Waals surface area contributed by atoms with Crippen molar-refractivity contribution in [2.45, 2.75) is 120 Å². The van der Waals surface area contributed by atoms with Crippen molar-refractivity contribution < 1.29 is 32.9 Å². The molecule has 15 heteroatoms. The fraction of sp³-hybridized carbons (Fsp3) is 0.531. The second-order valence-electron chi connectivity index (χ2n) is 14.8. The summed E-state index contributed by atoms with van der Waals surface area (Å²) in [6, 6.07) is 6.00. The average molecular weight is 911 g/mol. The third kappa shape index (κ3) is 27.4. The predicted molar refractivity (Wildman–Crippen MR) is 265 cm³/mol. The number of fused-ring (bicyclic) bond motifs is 1. The monoisotopic (exact) mass is 911 g/mol. The number of hydrogen-bond acceptors (Lipinski definition) is 9. The SMILES string of the molecule is C#C.C#C.C#C.C=CC(C)=CC(NCC(C=O)C1CCCN1C(=O)CNC(=O)OC(C)(C)C)C(=O)NS(=O)N1CCCC1.CC.CC.CC(C)C.COc1ccc2c(=O)[nH]ccc2c1. The second-order valence-corrected chi connectivity index (χ2v) is 16.0. The number of methoxy groups -OCH3 is 1. The highest BCUT2D eigenvalue weighted by atomic mass is 32.2. The highest BCUT2D eigenvalue weighted by Gasteiger charge is 2.35. The molecule has 2 aliphatic rings. The lowest BCUT2D eigenvalue weighted by Crippen LogP contribution is -2.51. The van der Waals surface area contributed by atoms with Crippen molar-refractivity contribution in [3.8, 4) is 44.3 Å². The highest BCUT2D eigenvalue weighted by molar-refractivity contribution is 7.81. The zero-order valence-electron chi connectivity index (χ0n) is 40.5. The number of aldehydes is 1. The Labute approximate surface area is 387 Å². The molecule has 64 heavy (non-hydrogen) atoms. The van der Waals surface area contributed by atoms with Crippen LogP contribution in [0.25, 0.3) is 10.8 Å². The summed E-state index contributed by atoms with van der Waals surface area (Å²) in [4.78, 5) is 65.2. The Morgan fingerprint density at radius 3 is 2.03 bits per heavy atom. The van der Waals surface area contributed by atoms with Gasteiger partial charge in [-0.1, -0.05) is 72.8 Å². The van der Waals surface area contributed by atoms with Crippen molar-refractivity contribution >= 4 is 46.1 Å². The molecule has 0 aliphatic carbocycles. The van der Waals surface area contributed by atoms with E-state index in [1.807, 2.05) is 39.8 Å². The van der Waals surface area contributed by atoms with Crippen LogP contribution in [0.15, 0.2) is 59.6 Å². The van der Waals surface area contributed by atoms with Crippen LogP contribution in [0.4, 0.5) is 4.79 Å². The summed E-state index contributed by atoms with van der Waals surface area (Å²) >= 11 is -1.63. The third-order valence-corrected chi connectivity index (χ3v) is 9.36. The number of aromatic nitrogens is 1. The van der Waals surface area contributed by atoms with Crippen LogP contribution >= 0.6 is 0 Å².